The molecule has 1 aliphatic heterocycles. The molecular weight excluding hydrogens is 306 g/mol. The molecular formula is C11H21NO8S. The second-order valence-electron chi connectivity index (χ2n) is 4.76. The molecule has 21 heavy (non-hydrogen) atoms. The van der Waals surface area contributed by atoms with Crippen LogP contribution in [0.4, 0.5) is 0 Å². The van der Waals surface area contributed by atoms with Crippen molar-refractivity contribution in [2.45, 2.75) is 49.6 Å². The van der Waals surface area contributed by atoms with E-state index in [9.17, 15) is 25.2 Å². The largest absolute Gasteiger partial charge is 0.477 e. The SMILES string of the molecule is CCSN[C@H]1[C@H]([C@H](O)[C@H](O)CO)OC(O)(C(=O)O)C[C@@H]1O. The van der Waals surface area contributed by atoms with Gasteiger partial charge in [-0.15, -0.1) is 0 Å². The van der Waals surface area contributed by atoms with Gasteiger partial charge in [0, 0.05) is 12.2 Å². The van der Waals surface area contributed by atoms with E-state index in [0.717, 1.165) is 0 Å². The fourth-order valence-electron chi connectivity index (χ4n) is 2.05. The summed E-state index contributed by atoms with van der Waals surface area (Å²) in [6.45, 7) is 1.05. The quantitative estimate of drug-likeness (QED) is 0.244. The smallest absolute Gasteiger partial charge is 0.364 e. The van der Waals surface area contributed by atoms with Gasteiger partial charge >= 0.3 is 5.97 Å². The van der Waals surface area contributed by atoms with Gasteiger partial charge in [-0.25, -0.2) is 4.79 Å². The molecule has 1 rings (SSSR count). The number of rotatable bonds is 7. The number of hydrogen-bond acceptors (Lipinski definition) is 9. The predicted molar refractivity (Wildman–Crippen MR) is 72.2 cm³/mol. The molecule has 0 aromatic rings. The number of aliphatic hydroxyl groups excluding tert-OH is 4. The molecule has 0 aromatic heterocycles. The van der Waals surface area contributed by atoms with Crippen LogP contribution in [-0.2, 0) is 9.53 Å². The van der Waals surface area contributed by atoms with Crippen molar-refractivity contribution < 1.29 is 40.2 Å². The minimum absolute atomic E-state index is 0.595. The maximum atomic E-state index is 11.0. The molecule has 1 aliphatic rings. The Morgan fingerprint density at radius 1 is 1.52 bits per heavy atom. The number of aliphatic hydroxyl groups is 5. The highest BCUT2D eigenvalue weighted by molar-refractivity contribution is 7.97. The summed E-state index contributed by atoms with van der Waals surface area (Å²) in [4.78, 5) is 11.0. The normalized spacial score (nSPS) is 36.2. The Hall–Kier alpha value is -0.460. The molecule has 1 fully saturated rings. The van der Waals surface area contributed by atoms with Crippen molar-refractivity contribution in [3.63, 3.8) is 0 Å². The zero-order valence-electron chi connectivity index (χ0n) is 11.4. The molecule has 0 saturated carbocycles. The van der Waals surface area contributed by atoms with E-state index < -0.39 is 55.2 Å². The van der Waals surface area contributed by atoms with Crippen molar-refractivity contribution in [2.75, 3.05) is 12.4 Å². The molecule has 0 radical (unpaired) electrons. The lowest BCUT2D eigenvalue weighted by Crippen LogP contribution is -2.65. The van der Waals surface area contributed by atoms with Crippen LogP contribution in [0.5, 0.6) is 0 Å². The third-order valence-corrected chi connectivity index (χ3v) is 3.93. The molecule has 0 aliphatic carbocycles. The van der Waals surface area contributed by atoms with Crippen LogP contribution in [-0.4, -0.2) is 85.2 Å². The summed E-state index contributed by atoms with van der Waals surface area (Å²) in [6, 6.07) is -0.925. The van der Waals surface area contributed by atoms with E-state index in [0.29, 0.717) is 5.75 Å². The molecule has 0 amide bonds. The van der Waals surface area contributed by atoms with Crippen LogP contribution in [0.3, 0.4) is 0 Å². The van der Waals surface area contributed by atoms with Crippen LogP contribution >= 0.6 is 11.9 Å². The van der Waals surface area contributed by atoms with Gasteiger partial charge in [-0.3, -0.25) is 4.72 Å². The summed E-state index contributed by atoms with van der Waals surface area (Å²) in [5.41, 5.74) is 0. The molecule has 1 unspecified atom stereocenters. The molecule has 0 bridgehead atoms. The lowest BCUT2D eigenvalue weighted by atomic mass is 9.89. The van der Waals surface area contributed by atoms with Gasteiger partial charge in [-0.2, -0.15) is 0 Å². The molecule has 1 saturated heterocycles. The fourth-order valence-corrected chi connectivity index (χ4v) is 2.70. The van der Waals surface area contributed by atoms with Gasteiger partial charge in [0.1, 0.15) is 18.3 Å². The lowest BCUT2D eigenvalue weighted by Gasteiger charge is -2.44. The second kappa shape index (κ2) is 7.70. The zero-order valence-corrected chi connectivity index (χ0v) is 12.2. The maximum absolute atomic E-state index is 11.0. The third-order valence-electron chi connectivity index (χ3n) is 3.20. The van der Waals surface area contributed by atoms with Crippen LogP contribution in [0.15, 0.2) is 0 Å². The van der Waals surface area contributed by atoms with Gasteiger partial charge in [0.15, 0.2) is 0 Å². The molecule has 10 heteroatoms. The van der Waals surface area contributed by atoms with E-state index in [2.05, 4.69) is 4.72 Å². The first kappa shape index (κ1) is 18.6. The van der Waals surface area contributed by atoms with Crippen molar-refractivity contribution in [3.8, 4) is 0 Å². The number of hydrogen-bond donors (Lipinski definition) is 7. The lowest BCUT2D eigenvalue weighted by molar-refractivity contribution is -0.293. The predicted octanol–water partition coefficient (Wildman–Crippen LogP) is -2.75. The maximum Gasteiger partial charge on any atom is 0.364 e. The summed E-state index contributed by atoms with van der Waals surface area (Å²) in [5, 5.41) is 57.2. The highest BCUT2D eigenvalue weighted by Crippen LogP contribution is 2.31. The van der Waals surface area contributed by atoms with Crippen LogP contribution in [0, 0.1) is 0 Å². The monoisotopic (exact) mass is 327 g/mol. The Bertz CT molecular complexity index is 359. The van der Waals surface area contributed by atoms with Gasteiger partial charge in [0.2, 0.25) is 0 Å². The van der Waals surface area contributed by atoms with Gasteiger partial charge in [0.25, 0.3) is 5.79 Å². The summed E-state index contributed by atoms with van der Waals surface area (Å²) < 4.78 is 7.79. The minimum Gasteiger partial charge on any atom is -0.477 e. The number of carboxylic acids is 1. The molecule has 1 heterocycles. The second-order valence-corrected chi connectivity index (χ2v) is 5.86. The van der Waals surface area contributed by atoms with E-state index in [1.807, 2.05) is 6.92 Å². The number of nitrogens with one attached hydrogen (secondary N) is 1. The Morgan fingerprint density at radius 2 is 2.14 bits per heavy atom. The van der Waals surface area contributed by atoms with Crippen LogP contribution < -0.4 is 4.72 Å². The number of carbonyl (C=O) groups is 1. The highest BCUT2D eigenvalue weighted by atomic mass is 32.2. The van der Waals surface area contributed by atoms with Gasteiger partial charge in [-0.1, -0.05) is 18.9 Å². The van der Waals surface area contributed by atoms with Crippen LogP contribution in [0.25, 0.3) is 0 Å². The highest BCUT2D eigenvalue weighted by Gasteiger charge is 2.53. The molecule has 9 nitrogen and oxygen atoms in total. The summed E-state index contributed by atoms with van der Waals surface area (Å²) in [6.07, 6.45) is -6.64. The molecule has 0 aromatic carbocycles. The standard InChI is InChI=1S/C11H21NO8S/c1-2-21-12-7-5(14)3-11(19,10(17)18)20-9(7)8(16)6(15)4-13/h5-9,12-16,19H,2-4H2,1H3,(H,17,18)/t5-,6+,7+,8+,9+,11?/m0/s1. The van der Waals surface area contributed by atoms with E-state index in [1.54, 1.807) is 0 Å². The van der Waals surface area contributed by atoms with Crippen molar-refractivity contribution in [2.24, 2.45) is 0 Å². The Balaban J connectivity index is 2.99. The number of ether oxygens (including phenoxy) is 1. The van der Waals surface area contributed by atoms with E-state index in [-0.39, 0.29) is 0 Å². The summed E-state index contributed by atoms with van der Waals surface area (Å²) in [7, 11) is 0. The van der Waals surface area contributed by atoms with Gasteiger partial charge < -0.3 is 35.4 Å². The van der Waals surface area contributed by atoms with Crippen LogP contribution in [0.1, 0.15) is 13.3 Å². The van der Waals surface area contributed by atoms with Crippen molar-refractivity contribution in [1.82, 2.24) is 4.72 Å². The Labute approximate surface area is 125 Å². The number of aliphatic carboxylic acids is 1. The third kappa shape index (κ3) is 4.27. The molecule has 6 atom stereocenters. The number of carboxylic acid groups (broad SMARTS) is 1. The topological polar surface area (TPSA) is 160 Å². The molecule has 124 valence electrons. The molecule has 0 spiro atoms. The van der Waals surface area contributed by atoms with Crippen molar-refractivity contribution in [1.29, 1.82) is 0 Å². The van der Waals surface area contributed by atoms with Gasteiger partial charge in [-0.05, 0) is 0 Å². The van der Waals surface area contributed by atoms with Crippen LogP contribution in [0.2, 0.25) is 0 Å². The average Bonchev–Trinajstić information content (AvgIpc) is 2.44. The van der Waals surface area contributed by atoms with Gasteiger partial charge in [0.05, 0.1) is 18.8 Å². The first-order valence-corrected chi connectivity index (χ1v) is 7.41. The van der Waals surface area contributed by atoms with E-state index in [1.165, 1.54) is 11.9 Å². The fraction of sp³-hybridized carbons (Fsp3) is 0.909. The zero-order chi connectivity index (χ0) is 16.2. The van der Waals surface area contributed by atoms with Crippen molar-refractivity contribution >= 4 is 17.9 Å². The Morgan fingerprint density at radius 3 is 2.62 bits per heavy atom. The first-order valence-electron chi connectivity index (χ1n) is 6.42. The molecule has 7 N–H and O–H groups in total. The summed E-state index contributed by atoms with van der Waals surface area (Å²) >= 11 is 1.19. The Kier molecular flexibility index (Phi) is 6.81. The van der Waals surface area contributed by atoms with E-state index >= 15 is 0 Å². The summed E-state index contributed by atoms with van der Waals surface area (Å²) in [5.74, 6) is -3.76. The van der Waals surface area contributed by atoms with Crippen molar-refractivity contribution in [3.05, 3.63) is 0 Å². The first-order chi connectivity index (χ1) is 9.76. The average molecular weight is 327 g/mol. The van der Waals surface area contributed by atoms with E-state index in [4.69, 9.17) is 14.9 Å². The minimum atomic E-state index is -2.67.